The number of aliphatic hydroxyl groups is 1. The van der Waals surface area contributed by atoms with Crippen LogP contribution in [0.3, 0.4) is 0 Å². The maximum atomic E-state index is 10.9. The fraction of sp³-hybridized carbons (Fsp3) is 0.100. The summed E-state index contributed by atoms with van der Waals surface area (Å²) in [5, 5.41) is 11.1. The summed E-state index contributed by atoms with van der Waals surface area (Å²) in [6.45, 7) is 0. The van der Waals surface area contributed by atoms with Crippen LogP contribution in [0.5, 0.6) is 0 Å². The molecule has 0 unspecified atom stereocenters. The van der Waals surface area contributed by atoms with Crippen molar-refractivity contribution >= 4 is 34.3 Å². The molecule has 1 aromatic rings. The van der Waals surface area contributed by atoms with Gasteiger partial charge in [0, 0.05) is 11.0 Å². The first-order chi connectivity index (χ1) is 6.72. The van der Waals surface area contributed by atoms with Crippen LogP contribution in [0, 0.1) is 0 Å². The van der Waals surface area contributed by atoms with Gasteiger partial charge in [-0.2, -0.15) is 0 Å². The molecule has 4 heteroatoms. The Balaban J connectivity index is 2.60. The SMILES string of the molecule is CSC(=O)/C=C(O)/C=C/c1cccs1. The van der Waals surface area contributed by atoms with Crippen molar-refractivity contribution in [3.8, 4) is 0 Å². The number of hydrogen-bond donors (Lipinski definition) is 1. The van der Waals surface area contributed by atoms with E-state index in [4.69, 9.17) is 0 Å². The van der Waals surface area contributed by atoms with Gasteiger partial charge in [0.1, 0.15) is 5.76 Å². The third-order valence-corrected chi connectivity index (χ3v) is 2.79. The highest BCUT2D eigenvalue weighted by Gasteiger charge is 1.94. The molecule has 0 aliphatic carbocycles. The zero-order valence-electron chi connectivity index (χ0n) is 7.64. The van der Waals surface area contributed by atoms with Gasteiger partial charge in [0.15, 0.2) is 0 Å². The molecule has 1 heterocycles. The van der Waals surface area contributed by atoms with E-state index in [0.717, 1.165) is 16.6 Å². The van der Waals surface area contributed by atoms with Crippen LogP contribution in [0.2, 0.25) is 0 Å². The largest absolute Gasteiger partial charge is 0.508 e. The molecular weight excluding hydrogens is 216 g/mol. The molecule has 1 N–H and O–H groups in total. The lowest BCUT2D eigenvalue weighted by Gasteiger charge is -1.89. The molecule has 0 saturated heterocycles. The van der Waals surface area contributed by atoms with E-state index in [0.29, 0.717) is 0 Å². The van der Waals surface area contributed by atoms with Crippen LogP contribution in [0.1, 0.15) is 4.88 Å². The van der Waals surface area contributed by atoms with Gasteiger partial charge in [-0.15, -0.1) is 11.3 Å². The van der Waals surface area contributed by atoms with E-state index in [1.165, 1.54) is 12.2 Å². The Hall–Kier alpha value is -1.00. The molecule has 0 atom stereocenters. The normalized spacial score (nSPS) is 12.2. The molecule has 1 rings (SSSR count). The molecule has 74 valence electrons. The lowest BCUT2D eigenvalue weighted by molar-refractivity contribution is -0.107. The molecule has 0 amide bonds. The van der Waals surface area contributed by atoms with Gasteiger partial charge < -0.3 is 5.11 Å². The highest BCUT2D eigenvalue weighted by atomic mass is 32.2. The minimum Gasteiger partial charge on any atom is -0.508 e. The molecule has 0 spiro atoms. The smallest absolute Gasteiger partial charge is 0.215 e. The maximum Gasteiger partial charge on any atom is 0.215 e. The Bertz CT molecular complexity index is 350. The number of allylic oxidation sites excluding steroid dienone is 1. The first-order valence-corrected chi connectivity index (χ1v) is 6.03. The number of carbonyl (C=O) groups is 1. The molecule has 1 aromatic heterocycles. The quantitative estimate of drug-likeness (QED) is 0.489. The maximum absolute atomic E-state index is 10.9. The van der Waals surface area contributed by atoms with Crippen molar-refractivity contribution in [3.63, 3.8) is 0 Å². The van der Waals surface area contributed by atoms with Gasteiger partial charge in [0.05, 0.1) is 0 Å². The van der Waals surface area contributed by atoms with Gasteiger partial charge in [-0.05, 0) is 29.9 Å². The van der Waals surface area contributed by atoms with Crippen molar-refractivity contribution in [1.82, 2.24) is 0 Å². The summed E-state index contributed by atoms with van der Waals surface area (Å²) >= 11 is 2.64. The van der Waals surface area contributed by atoms with Crippen molar-refractivity contribution in [3.05, 3.63) is 40.3 Å². The van der Waals surface area contributed by atoms with Gasteiger partial charge in [0.25, 0.3) is 0 Å². The van der Waals surface area contributed by atoms with E-state index in [1.54, 1.807) is 23.7 Å². The van der Waals surface area contributed by atoms with Crippen LogP contribution in [0.15, 0.2) is 35.4 Å². The van der Waals surface area contributed by atoms with Crippen molar-refractivity contribution in [2.45, 2.75) is 0 Å². The van der Waals surface area contributed by atoms with Crippen LogP contribution in [0.4, 0.5) is 0 Å². The van der Waals surface area contributed by atoms with E-state index in [2.05, 4.69) is 0 Å². The zero-order chi connectivity index (χ0) is 10.4. The van der Waals surface area contributed by atoms with Crippen LogP contribution < -0.4 is 0 Å². The first kappa shape index (κ1) is 11.1. The van der Waals surface area contributed by atoms with Crippen molar-refractivity contribution in [2.75, 3.05) is 6.26 Å². The average molecular weight is 226 g/mol. The molecule has 0 bridgehead atoms. The molecular formula is C10H10O2S2. The van der Waals surface area contributed by atoms with Gasteiger partial charge >= 0.3 is 0 Å². The molecule has 14 heavy (non-hydrogen) atoms. The summed E-state index contributed by atoms with van der Waals surface area (Å²) < 4.78 is 0. The fourth-order valence-electron chi connectivity index (χ4n) is 0.781. The molecule has 0 aromatic carbocycles. The lowest BCUT2D eigenvalue weighted by atomic mass is 10.3. The minimum absolute atomic E-state index is 0.0160. The van der Waals surface area contributed by atoms with Crippen molar-refractivity contribution in [2.24, 2.45) is 0 Å². The topological polar surface area (TPSA) is 37.3 Å². The number of hydrogen-bond acceptors (Lipinski definition) is 4. The summed E-state index contributed by atoms with van der Waals surface area (Å²) in [5.41, 5.74) is 0. The number of carbonyl (C=O) groups excluding carboxylic acids is 1. The average Bonchev–Trinajstić information content (AvgIpc) is 2.67. The predicted octanol–water partition coefficient (Wildman–Crippen LogP) is 3.09. The minimum atomic E-state index is -0.154. The van der Waals surface area contributed by atoms with Crippen molar-refractivity contribution < 1.29 is 9.90 Å². The highest BCUT2D eigenvalue weighted by molar-refractivity contribution is 8.13. The van der Waals surface area contributed by atoms with E-state index in [9.17, 15) is 9.90 Å². The third-order valence-electron chi connectivity index (χ3n) is 1.43. The Morgan fingerprint density at radius 2 is 2.43 bits per heavy atom. The summed E-state index contributed by atoms with van der Waals surface area (Å²) in [6, 6.07) is 3.86. The number of aliphatic hydroxyl groups excluding tert-OH is 1. The molecule has 0 radical (unpaired) electrons. The summed E-state index contributed by atoms with van der Waals surface area (Å²) in [4.78, 5) is 11.9. The monoisotopic (exact) mass is 226 g/mol. The van der Waals surface area contributed by atoms with Crippen molar-refractivity contribution in [1.29, 1.82) is 0 Å². The Labute approximate surface area is 91.0 Å². The summed E-state index contributed by atoms with van der Waals surface area (Å²) in [5.74, 6) is -0.0160. The Kier molecular flexibility index (Phi) is 4.49. The first-order valence-electron chi connectivity index (χ1n) is 3.92. The van der Waals surface area contributed by atoms with E-state index < -0.39 is 0 Å². The van der Waals surface area contributed by atoms with Gasteiger partial charge in [-0.1, -0.05) is 17.8 Å². The molecule has 0 saturated carbocycles. The Morgan fingerprint density at radius 3 is 3.00 bits per heavy atom. The van der Waals surface area contributed by atoms with E-state index >= 15 is 0 Å². The summed E-state index contributed by atoms with van der Waals surface area (Å²) in [6.07, 6.45) is 6.16. The lowest BCUT2D eigenvalue weighted by Crippen LogP contribution is -1.85. The van der Waals surface area contributed by atoms with Crippen LogP contribution in [0.25, 0.3) is 6.08 Å². The van der Waals surface area contributed by atoms with E-state index in [1.807, 2.05) is 17.5 Å². The van der Waals surface area contributed by atoms with Gasteiger partial charge in [0.2, 0.25) is 5.12 Å². The molecule has 0 aliphatic rings. The Morgan fingerprint density at radius 1 is 1.64 bits per heavy atom. The second-order valence-corrected chi connectivity index (χ2v) is 4.23. The fourth-order valence-corrected chi connectivity index (χ4v) is 1.64. The number of rotatable bonds is 3. The third kappa shape index (κ3) is 3.81. The molecule has 0 aliphatic heterocycles. The van der Waals surface area contributed by atoms with E-state index in [-0.39, 0.29) is 10.9 Å². The summed E-state index contributed by atoms with van der Waals surface area (Å²) in [7, 11) is 0. The van der Waals surface area contributed by atoms with Crippen LogP contribution in [-0.2, 0) is 4.79 Å². The number of thiophene rings is 1. The predicted molar refractivity (Wildman–Crippen MR) is 62.6 cm³/mol. The van der Waals surface area contributed by atoms with Gasteiger partial charge in [-0.3, -0.25) is 4.79 Å². The molecule has 2 nitrogen and oxygen atoms in total. The van der Waals surface area contributed by atoms with Crippen LogP contribution >= 0.6 is 23.1 Å². The van der Waals surface area contributed by atoms with Gasteiger partial charge in [-0.25, -0.2) is 0 Å². The second-order valence-electron chi connectivity index (χ2n) is 2.44. The molecule has 0 fully saturated rings. The second kappa shape index (κ2) is 5.67. The standard InChI is InChI=1S/C10H10O2S2/c1-13-10(12)7-8(11)4-5-9-3-2-6-14-9/h2-7,11H,1H3/b5-4+,8-7-. The number of thioether (sulfide) groups is 1. The highest BCUT2D eigenvalue weighted by Crippen LogP contribution is 2.11. The van der Waals surface area contributed by atoms with Crippen LogP contribution in [-0.4, -0.2) is 16.5 Å². The zero-order valence-corrected chi connectivity index (χ0v) is 9.27.